The van der Waals surface area contributed by atoms with Crippen molar-refractivity contribution >= 4 is 39.5 Å². The van der Waals surface area contributed by atoms with Crippen LogP contribution < -0.4 is 5.73 Å². The molecule has 0 aliphatic heterocycles. The normalized spacial score (nSPS) is 9.86. The summed E-state index contributed by atoms with van der Waals surface area (Å²) in [6, 6.07) is 4.74. The van der Waals surface area contributed by atoms with Crippen molar-refractivity contribution < 1.29 is 23.9 Å². The van der Waals surface area contributed by atoms with Crippen molar-refractivity contribution in [3.63, 3.8) is 0 Å². The average Bonchev–Trinajstić information content (AvgIpc) is 2.47. The van der Waals surface area contributed by atoms with E-state index in [0.717, 1.165) is 4.90 Å². The number of halogens is 1. The molecule has 0 fully saturated rings. The molecule has 0 spiro atoms. The Kier molecular flexibility index (Phi) is 6.16. The van der Waals surface area contributed by atoms with Gasteiger partial charge in [-0.05, 0) is 18.2 Å². The van der Waals surface area contributed by atoms with Crippen LogP contribution in [0, 0.1) is 0 Å². The van der Waals surface area contributed by atoms with Crippen molar-refractivity contribution in [1.29, 1.82) is 0 Å². The summed E-state index contributed by atoms with van der Waals surface area (Å²) in [6.07, 6.45) is 0. The lowest BCUT2D eigenvalue weighted by molar-refractivity contribution is -0.144. The number of methoxy groups -OCH3 is 2. The Morgan fingerprint density at radius 1 is 1.14 bits per heavy atom. The minimum Gasteiger partial charge on any atom is -0.468 e. The third-order valence-corrected chi connectivity index (χ3v) is 3.12. The van der Waals surface area contributed by atoms with E-state index in [-0.39, 0.29) is 24.3 Å². The van der Waals surface area contributed by atoms with Gasteiger partial charge in [0.2, 0.25) is 0 Å². The fourth-order valence-electron chi connectivity index (χ4n) is 1.52. The van der Waals surface area contributed by atoms with Gasteiger partial charge in [0.1, 0.15) is 13.1 Å². The molecule has 0 aliphatic rings. The smallest absolute Gasteiger partial charge is 0.325 e. The van der Waals surface area contributed by atoms with E-state index in [4.69, 9.17) is 5.73 Å². The van der Waals surface area contributed by atoms with Crippen LogP contribution in [-0.2, 0) is 19.1 Å². The lowest BCUT2D eigenvalue weighted by Gasteiger charge is -2.21. The van der Waals surface area contributed by atoms with Crippen molar-refractivity contribution in [2.75, 3.05) is 33.0 Å². The molecule has 114 valence electrons. The number of nitrogen functional groups attached to an aromatic ring is 1. The lowest BCUT2D eigenvalue weighted by atomic mass is 10.1. The van der Waals surface area contributed by atoms with Crippen LogP contribution in [0.2, 0.25) is 0 Å². The van der Waals surface area contributed by atoms with E-state index < -0.39 is 17.8 Å². The summed E-state index contributed by atoms with van der Waals surface area (Å²) in [5.74, 6) is -1.87. The van der Waals surface area contributed by atoms with Gasteiger partial charge in [-0.1, -0.05) is 15.9 Å². The Balaban J connectivity index is 3.05. The Morgan fingerprint density at radius 2 is 1.67 bits per heavy atom. The van der Waals surface area contributed by atoms with Crippen molar-refractivity contribution in [2.45, 2.75) is 0 Å². The minimum absolute atomic E-state index is 0.178. The summed E-state index contributed by atoms with van der Waals surface area (Å²) >= 11 is 3.23. The summed E-state index contributed by atoms with van der Waals surface area (Å²) < 4.78 is 9.67. The van der Waals surface area contributed by atoms with Crippen molar-refractivity contribution in [1.82, 2.24) is 4.90 Å². The average molecular weight is 359 g/mol. The number of ether oxygens (including phenoxy) is 2. The zero-order valence-electron chi connectivity index (χ0n) is 11.6. The molecule has 1 amide bonds. The number of carbonyl (C=O) groups is 3. The van der Waals surface area contributed by atoms with E-state index in [2.05, 4.69) is 25.4 Å². The fraction of sp³-hybridized carbons (Fsp3) is 0.308. The van der Waals surface area contributed by atoms with Crippen molar-refractivity contribution in [3.8, 4) is 0 Å². The molecular formula is C13H15BrN2O5. The van der Waals surface area contributed by atoms with Gasteiger partial charge < -0.3 is 20.1 Å². The molecular weight excluding hydrogens is 344 g/mol. The number of hydrogen-bond acceptors (Lipinski definition) is 6. The zero-order chi connectivity index (χ0) is 16.0. The van der Waals surface area contributed by atoms with E-state index in [1.54, 1.807) is 12.1 Å². The SMILES string of the molecule is COC(=O)CN(CC(=O)OC)C(=O)c1cc(Br)ccc1N. The van der Waals surface area contributed by atoms with Gasteiger partial charge >= 0.3 is 11.9 Å². The van der Waals surface area contributed by atoms with Crippen LogP contribution in [0.5, 0.6) is 0 Å². The third kappa shape index (κ3) is 4.75. The Labute approximate surface area is 130 Å². The predicted molar refractivity (Wildman–Crippen MR) is 78.5 cm³/mol. The summed E-state index contributed by atoms with van der Waals surface area (Å²) in [7, 11) is 2.38. The first-order valence-corrected chi connectivity index (χ1v) is 6.66. The van der Waals surface area contributed by atoms with Gasteiger partial charge in [-0.15, -0.1) is 0 Å². The topological polar surface area (TPSA) is 98.9 Å². The summed E-state index contributed by atoms with van der Waals surface area (Å²) in [6.45, 7) is -0.757. The standard InChI is InChI=1S/C13H15BrN2O5/c1-20-11(17)6-16(7-12(18)21-2)13(19)9-5-8(14)3-4-10(9)15/h3-5H,6-7,15H2,1-2H3. The third-order valence-electron chi connectivity index (χ3n) is 2.63. The maximum Gasteiger partial charge on any atom is 0.325 e. The summed E-state index contributed by atoms with van der Waals surface area (Å²) in [5.41, 5.74) is 6.17. The van der Waals surface area contributed by atoms with Gasteiger partial charge in [0.15, 0.2) is 0 Å². The number of amides is 1. The molecule has 0 saturated heterocycles. The molecule has 21 heavy (non-hydrogen) atoms. The van der Waals surface area contributed by atoms with E-state index in [1.807, 2.05) is 0 Å². The largest absolute Gasteiger partial charge is 0.468 e. The summed E-state index contributed by atoms with van der Waals surface area (Å²) in [5, 5.41) is 0. The van der Waals surface area contributed by atoms with Gasteiger partial charge in [-0.3, -0.25) is 14.4 Å². The number of esters is 2. The highest BCUT2D eigenvalue weighted by Crippen LogP contribution is 2.20. The Hall–Kier alpha value is -2.09. The van der Waals surface area contributed by atoms with Gasteiger partial charge in [0.05, 0.1) is 19.8 Å². The summed E-state index contributed by atoms with van der Waals surface area (Å²) in [4.78, 5) is 36.2. The molecule has 0 aromatic heterocycles. The molecule has 0 heterocycles. The zero-order valence-corrected chi connectivity index (χ0v) is 13.2. The molecule has 0 atom stereocenters. The van der Waals surface area contributed by atoms with E-state index in [0.29, 0.717) is 4.47 Å². The molecule has 0 aliphatic carbocycles. The van der Waals surface area contributed by atoms with E-state index in [1.165, 1.54) is 20.3 Å². The number of rotatable bonds is 5. The molecule has 2 N–H and O–H groups in total. The van der Waals surface area contributed by atoms with E-state index in [9.17, 15) is 14.4 Å². The quantitative estimate of drug-likeness (QED) is 0.617. The number of anilines is 1. The highest BCUT2D eigenvalue weighted by Gasteiger charge is 2.24. The molecule has 0 bridgehead atoms. The second-order valence-electron chi connectivity index (χ2n) is 4.05. The highest BCUT2D eigenvalue weighted by molar-refractivity contribution is 9.10. The first kappa shape index (κ1) is 17.0. The second kappa shape index (κ2) is 7.63. The van der Waals surface area contributed by atoms with Crippen LogP contribution >= 0.6 is 15.9 Å². The maximum atomic E-state index is 12.4. The Bertz CT molecular complexity index is 543. The van der Waals surface area contributed by atoms with Crippen molar-refractivity contribution in [3.05, 3.63) is 28.2 Å². The van der Waals surface area contributed by atoms with Crippen LogP contribution in [0.1, 0.15) is 10.4 Å². The molecule has 0 saturated carbocycles. The maximum absolute atomic E-state index is 12.4. The van der Waals surface area contributed by atoms with Gasteiger partial charge in [0.25, 0.3) is 5.91 Å². The van der Waals surface area contributed by atoms with Crippen LogP contribution in [0.4, 0.5) is 5.69 Å². The number of nitrogens with zero attached hydrogens (tertiary/aromatic N) is 1. The lowest BCUT2D eigenvalue weighted by Crippen LogP contribution is -2.40. The molecule has 8 heteroatoms. The first-order chi connectivity index (χ1) is 9.88. The minimum atomic E-state index is -0.652. The monoisotopic (exact) mass is 358 g/mol. The number of benzene rings is 1. The molecule has 1 aromatic carbocycles. The van der Waals surface area contributed by atoms with Gasteiger partial charge in [0, 0.05) is 10.2 Å². The van der Waals surface area contributed by atoms with Crippen LogP contribution in [0.15, 0.2) is 22.7 Å². The van der Waals surface area contributed by atoms with Crippen molar-refractivity contribution in [2.24, 2.45) is 0 Å². The number of nitrogens with two attached hydrogens (primary N) is 1. The van der Waals surface area contributed by atoms with Crippen LogP contribution in [0.3, 0.4) is 0 Å². The van der Waals surface area contributed by atoms with Crippen LogP contribution in [-0.4, -0.2) is 50.1 Å². The Morgan fingerprint density at radius 3 is 2.14 bits per heavy atom. The molecule has 1 aromatic rings. The molecule has 7 nitrogen and oxygen atoms in total. The first-order valence-electron chi connectivity index (χ1n) is 5.87. The highest BCUT2D eigenvalue weighted by atomic mass is 79.9. The molecule has 0 radical (unpaired) electrons. The molecule has 1 rings (SSSR count). The molecule has 0 unspecified atom stereocenters. The number of hydrogen-bond donors (Lipinski definition) is 1. The van der Waals surface area contributed by atoms with Gasteiger partial charge in [-0.2, -0.15) is 0 Å². The van der Waals surface area contributed by atoms with Gasteiger partial charge in [-0.25, -0.2) is 0 Å². The fourth-order valence-corrected chi connectivity index (χ4v) is 1.89. The second-order valence-corrected chi connectivity index (χ2v) is 4.96. The van der Waals surface area contributed by atoms with Crippen LogP contribution in [0.25, 0.3) is 0 Å². The van der Waals surface area contributed by atoms with E-state index >= 15 is 0 Å². The predicted octanol–water partition coefficient (Wildman–Crippen LogP) is 0.819. The number of carbonyl (C=O) groups excluding carboxylic acids is 3.